The third kappa shape index (κ3) is 8.47. The van der Waals surface area contributed by atoms with Crippen LogP contribution in [0.4, 0.5) is 0 Å². The summed E-state index contributed by atoms with van der Waals surface area (Å²) in [5.41, 5.74) is 2.95. The van der Waals surface area contributed by atoms with Gasteiger partial charge in [-0.25, -0.2) is 0 Å². The van der Waals surface area contributed by atoms with Crippen molar-refractivity contribution in [2.45, 2.75) is 116 Å². The van der Waals surface area contributed by atoms with Crippen molar-refractivity contribution in [3.8, 4) is 0 Å². The monoisotopic (exact) mass is 554 g/mol. The second-order valence-corrected chi connectivity index (χ2v) is 24.7. The average Bonchev–Trinajstić information content (AvgIpc) is 2.77. The van der Waals surface area contributed by atoms with E-state index in [4.69, 9.17) is 8.85 Å². The molecule has 0 spiro atoms. The van der Waals surface area contributed by atoms with Gasteiger partial charge in [0.25, 0.3) is 0 Å². The predicted octanol–water partition coefficient (Wildman–Crippen LogP) is 8.75. The summed E-state index contributed by atoms with van der Waals surface area (Å²) in [5.74, 6) is 0. The molecule has 0 bridgehead atoms. The number of allylic oxidation sites excluding steroid dienone is 1. The lowest BCUT2D eigenvalue weighted by Crippen LogP contribution is -2.48. The van der Waals surface area contributed by atoms with E-state index < -0.39 is 16.6 Å². The fourth-order valence-corrected chi connectivity index (χ4v) is 8.34. The average molecular weight is 555 g/mol. The minimum Gasteiger partial charge on any atom is -0.414 e. The van der Waals surface area contributed by atoms with E-state index in [1.165, 1.54) is 21.7 Å². The van der Waals surface area contributed by atoms with Crippen LogP contribution >= 0.6 is 8.58 Å². The highest BCUT2D eigenvalue weighted by atomic mass is 31.1. The van der Waals surface area contributed by atoms with E-state index in [2.05, 4.69) is 128 Å². The normalized spacial score (nSPS) is 20.0. The zero-order valence-electron chi connectivity index (χ0n) is 25.1. The Labute approximate surface area is 231 Å². The summed E-state index contributed by atoms with van der Waals surface area (Å²) in [5, 5.41) is 3.26. The maximum atomic E-state index is 6.99. The SMILES string of the molecule is CC(C)(C)[Si](C)(C)O[C@H]1CC(=CCc2ccccc2Pc2ccccc2)C[C@H](O[Si](C)(C)C(C)(C)C)C1. The van der Waals surface area contributed by atoms with Crippen molar-refractivity contribution in [2.75, 3.05) is 0 Å². The molecule has 0 aromatic heterocycles. The molecule has 0 amide bonds. The van der Waals surface area contributed by atoms with Crippen molar-refractivity contribution in [3.05, 3.63) is 71.8 Å². The fraction of sp³-hybridized carbons (Fsp3) is 0.562. The van der Waals surface area contributed by atoms with Crippen LogP contribution in [0.5, 0.6) is 0 Å². The maximum Gasteiger partial charge on any atom is 0.192 e. The lowest BCUT2D eigenvalue weighted by Gasteiger charge is -2.45. The summed E-state index contributed by atoms with van der Waals surface area (Å²) < 4.78 is 14.0. The van der Waals surface area contributed by atoms with Crippen LogP contribution < -0.4 is 10.6 Å². The first-order valence-corrected chi connectivity index (χ1v) is 20.8. The van der Waals surface area contributed by atoms with Gasteiger partial charge in [-0.2, -0.15) is 0 Å². The van der Waals surface area contributed by atoms with Crippen molar-refractivity contribution in [2.24, 2.45) is 0 Å². The molecule has 204 valence electrons. The van der Waals surface area contributed by atoms with Gasteiger partial charge in [0.2, 0.25) is 0 Å². The van der Waals surface area contributed by atoms with Gasteiger partial charge >= 0.3 is 0 Å². The van der Waals surface area contributed by atoms with Crippen molar-refractivity contribution >= 4 is 35.8 Å². The van der Waals surface area contributed by atoms with Crippen LogP contribution in [0.2, 0.25) is 36.3 Å². The third-order valence-corrected chi connectivity index (χ3v) is 19.2. The zero-order chi connectivity index (χ0) is 27.5. The highest BCUT2D eigenvalue weighted by Crippen LogP contribution is 2.43. The lowest BCUT2D eigenvalue weighted by atomic mass is 9.89. The summed E-state index contributed by atoms with van der Waals surface area (Å²) in [6, 6.07) is 19.8. The molecule has 1 aliphatic rings. The van der Waals surface area contributed by atoms with Crippen molar-refractivity contribution in [1.82, 2.24) is 0 Å². The first kappa shape index (κ1) is 30.5. The summed E-state index contributed by atoms with van der Waals surface area (Å²) >= 11 is 0. The Morgan fingerprint density at radius 3 is 1.76 bits per heavy atom. The van der Waals surface area contributed by atoms with Crippen LogP contribution in [0.15, 0.2) is 66.2 Å². The van der Waals surface area contributed by atoms with Crippen molar-refractivity contribution < 1.29 is 8.85 Å². The van der Waals surface area contributed by atoms with Crippen LogP contribution in [0.3, 0.4) is 0 Å². The quantitative estimate of drug-likeness (QED) is 0.184. The number of hydrogen-bond donors (Lipinski definition) is 0. The van der Waals surface area contributed by atoms with Gasteiger partial charge in [0.1, 0.15) is 0 Å². The summed E-state index contributed by atoms with van der Waals surface area (Å²) in [4.78, 5) is 0. The summed E-state index contributed by atoms with van der Waals surface area (Å²) in [6.07, 6.45) is 7.05. The van der Waals surface area contributed by atoms with Gasteiger partial charge in [0, 0.05) is 0 Å². The molecule has 0 aliphatic heterocycles. The molecule has 3 atom stereocenters. The van der Waals surface area contributed by atoms with Gasteiger partial charge in [0.05, 0.1) is 12.2 Å². The van der Waals surface area contributed by atoms with Crippen molar-refractivity contribution in [3.63, 3.8) is 0 Å². The van der Waals surface area contributed by atoms with Crippen LogP contribution in [0.1, 0.15) is 66.4 Å². The number of benzene rings is 2. The molecule has 5 heteroatoms. The summed E-state index contributed by atoms with van der Waals surface area (Å²) in [6.45, 7) is 23.6. The fourth-order valence-electron chi connectivity index (χ4n) is 4.41. The van der Waals surface area contributed by atoms with E-state index in [1.807, 2.05) is 0 Å². The number of hydrogen-bond acceptors (Lipinski definition) is 2. The molecular weight excluding hydrogens is 503 g/mol. The molecular formula is C32H51O2PSi2. The van der Waals surface area contributed by atoms with Gasteiger partial charge in [-0.15, -0.1) is 0 Å². The molecule has 1 aliphatic carbocycles. The molecule has 1 fully saturated rings. The lowest BCUT2D eigenvalue weighted by molar-refractivity contribution is 0.0724. The Morgan fingerprint density at radius 1 is 0.757 bits per heavy atom. The van der Waals surface area contributed by atoms with E-state index in [0.29, 0.717) is 8.58 Å². The first-order chi connectivity index (χ1) is 17.1. The Kier molecular flexibility index (Phi) is 9.90. The van der Waals surface area contributed by atoms with Crippen LogP contribution in [0.25, 0.3) is 0 Å². The van der Waals surface area contributed by atoms with Crippen LogP contribution in [-0.4, -0.2) is 28.8 Å². The molecule has 0 radical (unpaired) electrons. The molecule has 1 saturated carbocycles. The van der Waals surface area contributed by atoms with E-state index in [9.17, 15) is 0 Å². The van der Waals surface area contributed by atoms with Crippen LogP contribution in [0, 0.1) is 0 Å². The molecule has 3 rings (SSSR count). The third-order valence-electron chi connectivity index (χ3n) is 8.72. The Balaban J connectivity index is 1.83. The topological polar surface area (TPSA) is 18.5 Å². The Hall–Kier alpha value is -1.04. The summed E-state index contributed by atoms with van der Waals surface area (Å²) in [7, 11) is -3.02. The van der Waals surface area contributed by atoms with E-state index in [-0.39, 0.29) is 22.3 Å². The van der Waals surface area contributed by atoms with E-state index >= 15 is 0 Å². The van der Waals surface area contributed by atoms with E-state index in [0.717, 1.165) is 25.7 Å². The Morgan fingerprint density at radius 2 is 1.24 bits per heavy atom. The van der Waals surface area contributed by atoms with Gasteiger partial charge < -0.3 is 8.85 Å². The van der Waals surface area contributed by atoms with E-state index in [1.54, 1.807) is 0 Å². The predicted molar refractivity (Wildman–Crippen MR) is 170 cm³/mol. The van der Waals surface area contributed by atoms with Gasteiger partial charge in [0.15, 0.2) is 16.6 Å². The largest absolute Gasteiger partial charge is 0.414 e. The highest BCUT2D eigenvalue weighted by molar-refractivity contribution is 7.55. The molecule has 2 aromatic rings. The minimum atomic E-state index is -1.86. The smallest absolute Gasteiger partial charge is 0.192 e. The highest BCUT2D eigenvalue weighted by Gasteiger charge is 2.43. The maximum absolute atomic E-state index is 6.99. The van der Waals surface area contributed by atoms with Crippen LogP contribution in [-0.2, 0) is 15.3 Å². The second-order valence-electron chi connectivity index (χ2n) is 13.9. The number of rotatable bonds is 8. The molecule has 2 nitrogen and oxygen atoms in total. The standard InChI is InChI=1S/C32H51O2PSi2/c1-31(2,3)36(7,8)33-27-22-25(23-28(24-27)34-37(9,10)32(4,5)6)20-21-26-16-14-15-19-30(26)35-29-17-12-11-13-18-29/h11-20,27-28,35H,21-24H2,1-10H3/t27-,28-/m0/s1. The molecule has 0 N–H and O–H groups in total. The minimum absolute atomic E-state index is 0.210. The molecule has 0 heterocycles. The van der Waals surface area contributed by atoms with Gasteiger partial charge in [-0.1, -0.05) is 116 Å². The Bertz CT molecular complexity index is 1010. The molecule has 0 saturated heterocycles. The van der Waals surface area contributed by atoms with Crippen molar-refractivity contribution in [1.29, 1.82) is 0 Å². The molecule has 2 aromatic carbocycles. The molecule has 37 heavy (non-hydrogen) atoms. The molecule has 1 unspecified atom stereocenters. The second kappa shape index (κ2) is 12.0. The van der Waals surface area contributed by atoms with Gasteiger partial charge in [-0.3, -0.25) is 0 Å². The first-order valence-electron chi connectivity index (χ1n) is 14.0. The zero-order valence-corrected chi connectivity index (χ0v) is 28.1. The van der Waals surface area contributed by atoms with Gasteiger partial charge in [-0.05, 0) is 78.1 Å².